The summed E-state index contributed by atoms with van der Waals surface area (Å²) < 4.78 is 18.7. The Balaban J connectivity index is 2.95. The fraction of sp³-hybridized carbons (Fsp3) is 0.538. The van der Waals surface area contributed by atoms with E-state index in [0.717, 1.165) is 0 Å². The number of aliphatic hydroxyl groups excluding tert-OH is 1. The van der Waals surface area contributed by atoms with E-state index < -0.39 is 11.9 Å². The second-order valence-corrected chi connectivity index (χ2v) is 5.14. The van der Waals surface area contributed by atoms with Crippen LogP contribution in [-0.4, -0.2) is 12.2 Å². The van der Waals surface area contributed by atoms with Gasteiger partial charge in [0.1, 0.15) is 0 Å². The van der Waals surface area contributed by atoms with Crippen LogP contribution < -0.4 is 4.74 Å². The van der Waals surface area contributed by atoms with Gasteiger partial charge in [0.05, 0.1) is 13.2 Å². The van der Waals surface area contributed by atoms with Crippen LogP contribution in [0.2, 0.25) is 0 Å². The van der Waals surface area contributed by atoms with Gasteiger partial charge in [-0.05, 0) is 17.9 Å². The predicted octanol–water partition coefficient (Wildman–Crippen LogP) is 3.30. The lowest BCUT2D eigenvalue weighted by atomic mass is 9.87. The summed E-state index contributed by atoms with van der Waals surface area (Å²) >= 11 is 0. The van der Waals surface area contributed by atoms with Crippen LogP contribution in [0.15, 0.2) is 18.2 Å². The van der Waals surface area contributed by atoms with Crippen LogP contribution in [0, 0.1) is 11.2 Å². The van der Waals surface area contributed by atoms with Crippen molar-refractivity contribution in [3.05, 3.63) is 29.6 Å². The quantitative estimate of drug-likeness (QED) is 0.856. The lowest BCUT2D eigenvalue weighted by molar-refractivity contribution is 0.118. The van der Waals surface area contributed by atoms with E-state index in [1.165, 1.54) is 7.11 Å². The zero-order chi connectivity index (χ0) is 12.3. The van der Waals surface area contributed by atoms with Crippen LogP contribution in [0.3, 0.4) is 0 Å². The molecular weight excluding hydrogens is 207 g/mol. The Morgan fingerprint density at radius 2 is 2.00 bits per heavy atom. The lowest BCUT2D eigenvalue weighted by Crippen LogP contribution is -2.13. The normalized spacial score (nSPS) is 13.6. The highest BCUT2D eigenvalue weighted by molar-refractivity contribution is 5.32. The first kappa shape index (κ1) is 13.0. The van der Waals surface area contributed by atoms with Crippen LogP contribution in [0.4, 0.5) is 4.39 Å². The molecule has 90 valence electrons. The maximum Gasteiger partial charge on any atom is 0.170 e. The van der Waals surface area contributed by atoms with E-state index in [0.29, 0.717) is 12.0 Å². The van der Waals surface area contributed by atoms with Crippen molar-refractivity contribution in [2.24, 2.45) is 5.41 Å². The van der Waals surface area contributed by atoms with E-state index in [4.69, 9.17) is 4.74 Å². The minimum Gasteiger partial charge on any atom is -0.494 e. The molecule has 1 aromatic rings. The van der Waals surface area contributed by atoms with Crippen molar-refractivity contribution in [3.8, 4) is 5.75 Å². The predicted molar refractivity (Wildman–Crippen MR) is 62.0 cm³/mol. The molecule has 0 saturated carbocycles. The highest BCUT2D eigenvalue weighted by Gasteiger charge is 2.21. The Bertz CT molecular complexity index is 355. The second-order valence-electron chi connectivity index (χ2n) is 5.14. The molecule has 1 atom stereocenters. The highest BCUT2D eigenvalue weighted by Crippen LogP contribution is 2.32. The molecule has 0 aliphatic rings. The van der Waals surface area contributed by atoms with E-state index in [2.05, 4.69) is 0 Å². The van der Waals surface area contributed by atoms with Gasteiger partial charge in [0.2, 0.25) is 0 Å². The van der Waals surface area contributed by atoms with Gasteiger partial charge in [-0.25, -0.2) is 4.39 Å². The third kappa shape index (κ3) is 3.20. The minimum absolute atomic E-state index is 0.0467. The van der Waals surface area contributed by atoms with Gasteiger partial charge in [-0.15, -0.1) is 0 Å². The largest absolute Gasteiger partial charge is 0.494 e. The van der Waals surface area contributed by atoms with Gasteiger partial charge in [-0.3, -0.25) is 0 Å². The summed E-state index contributed by atoms with van der Waals surface area (Å²) in [6, 6.07) is 4.82. The number of hydrogen-bond donors (Lipinski definition) is 1. The van der Waals surface area contributed by atoms with Crippen molar-refractivity contribution < 1.29 is 14.2 Å². The molecule has 0 bridgehead atoms. The third-order valence-corrected chi connectivity index (χ3v) is 2.38. The Labute approximate surface area is 96.1 Å². The summed E-state index contributed by atoms with van der Waals surface area (Å²) in [5.74, 6) is -0.299. The molecule has 0 aromatic heterocycles. The summed E-state index contributed by atoms with van der Waals surface area (Å²) in [5, 5.41) is 9.96. The second kappa shape index (κ2) is 4.83. The van der Waals surface area contributed by atoms with E-state index in [-0.39, 0.29) is 11.2 Å². The van der Waals surface area contributed by atoms with Gasteiger partial charge in [0, 0.05) is 5.56 Å². The molecule has 0 saturated heterocycles. The monoisotopic (exact) mass is 226 g/mol. The average Bonchev–Trinajstić information content (AvgIpc) is 2.15. The molecule has 16 heavy (non-hydrogen) atoms. The standard InChI is InChI=1S/C13H19FO2/c1-13(2,3)8-10(15)9-6-5-7-11(16-4)12(9)14/h5-7,10,15H,8H2,1-4H3. The molecule has 1 N–H and O–H groups in total. The van der Waals surface area contributed by atoms with E-state index in [1.54, 1.807) is 18.2 Å². The average molecular weight is 226 g/mol. The van der Waals surface area contributed by atoms with Crippen LogP contribution in [0.25, 0.3) is 0 Å². The SMILES string of the molecule is COc1cccc(C(O)CC(C)(C)C)c1F. The van der Waals surface area contributed by atoms with Crippen molar-refractivity contribution in [2.75, 3.05) is 7.11 Å². The van der Waals surface area contributed by atoms with Gasteiger partial charge in [0.25, 0.3) is 0 Å². The number of benzene rings is 1. The van der Waals surface area contributed by atoms with Crippen LogP contribution in [0.1, 0.15) is 38.9 Å². The maximum atomic E-state index is 13.8. The molecule has 0 fully saturated rings. The number of methoxy groups -OCH3 is 1. The maximum absolute atomic E-state index is 13.8. The fourth-order valence-corrected chi connectivity index (χ4v) is 1.63. The summed E-state index contributed by atoms with van der Waals surface area (Å²) in [7, 11) is 1.42. The third-order valence-electron chi connectivity index (χ3n) is 2.38. The van der Waals surface area contributed by atoms with Gasteiger partial charge in [0.15, 0.2) is 11.6 Å². The molecular formula is C13H19FO2. The first-order valence-electron chi connectivity index (χ1n) is 5.35. The van der Waals surface area contributed by atoms with E-state index in [9.17, 15) is 9.50 Å². The number of aliphatic hydroxyl groups is 1. The smallest absolute Gasteiger partial charge is 0.170 e. The van der Waals surface area contributed by atoms with Crippen molar-refractivity contribution in [1.29, 1.82) is 0 Å². The Morgan fingerprint density at radius 1 is 1.38 bits per heavy atom. The fourth-order valence-electron chi connectivity index (χ4n) is 1.63. The van der Waals surface area contributed by atoms with Gasteiger partial charge in [-0.1, -0.05) is 32.9 Å². The van der Waals surface area contributed by atoms with Gasteiger partial charge >= 0.3 is 0 Å². The number of hydrogen-bond acceptors (Lipinski definition) is 2. The molecule has 0 heterocycles. The van der Waals surface area contributed by atoms with Crippen molar-refractivity contribution in [3.63, 3.8) is 0 Å². The van der Waals surface area contributed by atoms with E-state index >= 15 is 0 Å². The topological polar surface area (TPSA) is 29.5 Å². The summed E-state index contributed by atoms with van der Waals surface area (Å²) in [6.45, 7) is 6.02. The lowest BCUT2D eigenvalue weighted by Gasteiger charge is -2.23. The molecule has 0 aliphatic carbocycles. The summed E-state index contributed by atoms with van der Waals surface area (Å²) in [6.07, 6.45) is -0.285. The number of halogens is 1. The van der Waals surface area contributed by atoms with Crippen LogP contribution >= 0.6 is 0 Å². The molecule has 0 amide bonds. The molecule has 2 nitrogen and oxygen atoms in total. The summed E-state index contributed by atoms with van der Waals surface area (Å²) in [5.41, 5.74) is 0.254. The molecule has 3 heteroatoms. The summed E-state index contributed by atoms with van der Waals surface area (Å²) in [4.78, 5) is 0. The van der Waals surface area contributed by atoms with Crippen molar-refractivity contribution >= 4 is 0 Å². The Kier molecular flexibility index (Phi) is 3.92. The Hall–Kier alpha value is -1.09. The van der Waals surface area contributed by atoms with Crippen molar-refractivity contribution in [1.82, 2.24) is 0 Å². The van der Waals surface area contributed by atoms with Gasteiger partial charge in [-0.2, -0.15) is 0 Å². The first-order chi connectivity index (χ1) is 7.35. The molecule has 1 rings (SSSR count). The number of ether oxygens (including phenoxy) is 1. The number of rotatable bonds is 3. The molecule has 0 radical (unpaired) electrons. The molecule has 1 unspecified atom stereocenters. The first-order valence-corrected chi connectivity index (χ1v) is 5.35. The molecule has 0 spiro atoms. The highest BCUT2D eigenvalue weighted by atomic mass is 19.1. The Morgan fingerprint density at radius 3 is 2.50 bits per heavy atom. The van der Waals surface area contributed by atoms with E-state index in [1.807, 2.05) is 20.8 Å². The zero-order valence-corrected chi connectivity index (χ0v) is 10.2. The molecule has 0 aliphatic heterocycles. The zero-order valence-electron chi connectivity index (χ0n) is 10.2. The van der Waals surface area contributed by atoms with Crippen LogP contribution in [-0.2, 0) is 0 Å². The molecule has 1 aromatic carbocycles. The minimum atomic E-state index is -0.796. The van der Waals surface area contributed by atoms with Gasteiger partial charge < -0.3 is 9.84 Å². The van der Waals surface area contributed by atoms with Crippen molar-refractivity contribution in [2.45, 2.75) is 33.3 Å². The van der Waals surface area contributed by atoms with Crippen LogP contribution in [0.5, 0.6) is 5.75 Å².